The van der Waals surface area contributed by atoms with Crippen LogP contribution >= 0.6 is 0 Å². The summed E-state index contributed by atoms with van der Waals surface area (Å²) in [4.78, 5) is 11.0. The first-order valence-electron chi connectivity index (χ1n) is 6.05. The molecule has 0 amide bonds. The van der Waals surface area contributed by atoms with Crippen LogP contribution in [0.1, 0.15) is 6.92 Å². The Hall–Kier alpha value is -2.29. The van der Waals surface area contributed by atoms with Crippen LogP contribution in [-0.2, 0) is 9.53 Å². The quantitative estimate of drug-likeness (QED) is 0.608. The van der Waals surface area contributed by atoms with Crippen LogP contribution in [0.4, 0.5) is 0 Å². The second-order valence-electron chi connectivity index (χ2n) is 4.20. The van der Waals surface area contributed by atoms with Crippen LogP contribution in [0.2, 0.25) is 0 Å². The number of carbonyl (C=O) groups excluding carboxylic acids is 1. The number of carbonyl (C=O) groups is 1. The molecule has 0 aromatic heterocycles. The average Bonchev–Trinajstić information content (AvgIpc) is 2.44. The lowest BCUT2D eigenvalue weighted by Gasteiger charge is -2.13. The van der Waals surface area contributed by atoms with Gasteiger partial charge in [0, 0.05) is 6.08 Å². The van der Waals surface area contributed by atoms with Crippen LogP contribution in [0.5, 0.6) is 5.75 Å². The Kier molecular flexibility index (Phi) is 4.18. The SMILES string of the molecule is C=CC(=O)OC(C)COc1ccc2c[c]ccc2c1. The third-order valence-electron chi connectivity index (χ3n) is 2.62. The lowest BCUT2D eigenvalue weighted by molar-refractivity contribution is -0.143. The molecule has 0 fully saturated rings. The number of hydrogen-bond acceptors (Lipinski definition) is 3. The van der Waals surface area contributed by atoms with Crippen LogP contribution in [0.3, 0.4) is 0 Å². The van der Waals surface area contributed by atoms with Gasteiger partial charge in [-0.25, -0.2) is 4.79 Å². The molecule has 97 valence electrons. The summed E-state index contributed by atoms with van der Waals surface area (Å²) in [5.74, 6) is 0.311. The molecular formula is C16H15O3. The summed E-state index contributed by atoms with van der Waals surface area (Å²) in [7, 11) is 0. The Morgan fingerprint density at radius 3 is 3.05 bits per heavy atom. The van der Waals surface area contributed by atoms with E-state index in [4.69, 9.17) is 9.47 Å². The van der Waals surface area contributed by atoms with E-state index in [-0.39, 0.29) is 6.10 Å². The monoisotopic (exact) mass is 255 g/mol. The molecule has 0 spiro atoms. The molecule has 0 heterocycles. The van der Waals surface area contributed by atoms with Gasteiger partial charge in [-0.05, 0) is 42.0 Å². The first-order valence-corrected chi connectivity index (χ1v) is 6.05. The summed E-state index contributed by atoms with van der Waals surface area (Å²) in [5, 5.41) is 2.20. The molecule has 0 saturated carbocycles. The normalized spacial score (nSPS) is 11.8. The van der Waals surface area contributed by atoms with Gasteiger partial charge < -0.3 is 9.47 Å². The number of hydrogen-bond donors (Lipinski definition) is 0. The highest BCUT2D eigenvalue weighted by atomic mass is 16.6. The maximum Gasteiger partial charge on any atom is 0.330 e. The predicted molar refractivity (Wildman–Crippen MR) is 74.0 cm³/mol. The van der Waals surface area contributed by atoms with Gasteiger partial charge in [-0.1, -0.05) is 24.8 Å². The summed E-state index contributed by atoms with van der Waals surface area (Å²) >= 11 is 0. The molecule has 2 rings (SSSR count). The summed E-state index contributed by atoms with van der Waals surface area (Å²) in [6.07, 6.45) is 0.827. The lowest BCUT2D eigenvalue weighted by atomic mass is 10.1. The van der Waals surface area contributed by atoms with Crippen LogP contribution in [0, 0.1) is 6.07 Å². The highest BCUT2D eigenvalue weighted by Crippen LogP contribution is 2.20. The second-order valence-corrected chi connectivity index (χ2v) is 4.20. The van der Waals surface area contributed by atoms with Crippen molar-refractivity contribution in [1.29, 1.82) is 0 Å². The van der Waals surface area contributed by atoms with Gasteiger partial charge in [0.2, 0.25) is 0 Å². The number of fused-ring (bicyclic) bond motifs is 1. The Labute approximate surface area is 112 Å². The van der Waals surface area contributed by atoms with Crippen molar-refractivity contribution in [3.05, 3.63) is 55.1 Å². The molecule has 1 radical (unpaired) electrons. The van der Waals surface area contributed by atoms with Crippen molar-refractivity contribution < 1.29 is 14.3 Å². The number of benzene rings is 2. The third-order valence-corrected chi connectivity index (χ3v) is 2.62. The molecule has 2 aromatic carbocycles. The summed E-state index contributed by atoms with van der Waals surface area (Å²) in [6, 6.07) is 14.6. The van der Waals surface area contributed by atoms with Crippen molar-refractivity contribution in [2.75, 3.05) is 6.61 Å². The molecule has 0 N–H and O–H groups in total. The molecule has 1 unspecified atom stereocenters. The molecule has 0 saturated heterocycles. The molecule has 1 atom stereocenters. The van der Waals surface area contributed by atoms with E-state index in [1.54, 1.807) is 6.92 Å². The van der Waals surface area contributed by atoms with E-state index in [1.165, 1.54) is 0 Å². The highest BCUT2D eigenvalue weighted by Gasteiger charge is 2.07. The summed E-state index contributed by atoms with van der Waals surface area (Å²) in [6.45, 7) is 5.43. The van der Waals surface area contributed by atoms with Crippen LogP contribution in [0.25, 0.3) is 10.8 Å². The summed E-state index contributed by atoms with van der Waals surface area (Å²) < 4.78 is 10.6. The smallest absolute Gasteiger partial charge is 0.330 e. The third kappa shape index (κ3) is 3.58. The lowest BCUT2D eigenvalue weighted by Crippen LogP contribution is -2.20. The largest absolute Gasteiger partial charge is 0.490 e. The highest BCUT2D eigenvalue weighted by molar-refractivity contribution is 5.83. The van der Waals surface area contributed by atoms with E-state index in [0.717, 1.165) is 22.6 Å². The maximum absolute atomic E-state index is 11.0. The van der Waals surface area contributed by atoms with Crippen LogP contribution in [-0.4, -0.2) is 18.7 Å². The standard InChI is InChI=1S/C16H15O3/c1-3-16(17)19-12(2)11-18-15-9-8-13-6-4-5-7-14(13)10-15/h3,5-10,12H,1,11H2,2H3. The van der Waals surface area contributed by atoms with E-state index in [0.29, 0.717) is 6.61 Å². The molecule has 0 bridgehead atoms. The Balaban J connectivity index is 1.97. The molecule has 19 heavy (non-hydrogen) atoms. The number of rotatable bonds is 5. The zero-order valence-electron chi connectivity index (χ0n) is 10.8. The van der Waals surface area contributed by atoms with Crippen molar-refractivity contribution in [3.8, 4) is 5.75 Å². The molecule has 0 aliphatic rings. The molecule has 2 aromatic rings. The predicted octanol–water partition coefficient (Wildman–Crippen LogP) is 3.14. The molecular weight excluding hydrogens is 240 g/mol. The van der Waals surface area contributed by atoms with Crippen molar-refractivity contribution >= 4 is 16.7 Å². The minimum atomic E-state index is -0.440. The van der Waals surface area contributed by atoms with E-state index in [1.807, 2.05) is 36.4 Å². The van der Waals surface area contributed by atoms with Gasteiger partial charge in [-0.3, -0.25) is 0 Å². The summed E-state index contributed by atoms with van der Waals surface area (Å²) in [5.41, 5.74) is 0. The topological polar surface area (TPSA) is 35.5 Å². The number of ether oxygens (including phenoxy) is 2. The first-order chi connectivity index (χ1) is 9.19. The Morgan fingerprint density at radius 2 is 2.26 bits per heavy atom. The van der Waals surface area contributed by atoms with E-state index in [2.05, 4.69) is 12.6 Å². The fourth-order valence-electron chi connectivity index (χ4n) is 1.69. The molecule has 3 nitrogen and oxygen atoms in total. The zero-order chi connectivity index (χ0) is 13.7. The van der Waals surface area contributed by atoms with Crippen molar-refractivity contribution in [2.24, 2.45) is 0 Å². The average molecular weight is 255 g/mol. The molecule has 0 aliphatic heterocycles. The van der Waals surface area contributed by atoms with Gasteiger partial charge in [-0.15, -0.1) is 0 Å². The molecule has 3 heteroatoms. The van der Waals surface area contributed by atoms with Gasteiger partial charge in [0.15, 0.2) is 0 Å². The fraction of sp³-hybridized carbons (Fsp3) is 0.188. The van der Waals surface area contributed by atoms with Gasteiger partial charge in [-0.2, -0.15) is 0 Å². The minimum Gasteiger partial charge on any atom is -0.490 e. The van der Waals surface area contributed by atoms with E-state index in [9.17, 15) is 4.79 Å². The zero-order valence-corrected chi connectivity index (χ0v) is 10.8. The van der Waals surface area contributed by atoms with Gasteiger partial charge >= 0.3 is 5.97 Å². The van der Waals surface area contributed by atoms with Crippen molar-refractivity contribution in [2.45, 2.75) is 13.0 Å². The fourth-order valence-corrected chi connectivity index (χ4v) is 1.69. The van der Waals surface area contributed by atoms with Crippen molar-refractivity contribution in [1.82, 2.24) is 0 Å². The first kappa shape index (κ1) is 13.1. The molecule has 0 aliphatic carbocycles. The number of esters is 1. The van der Waals surface area contributed by atoms with Crippen LogP contribution in [0.15, 0.2) is 49.1 Å². The minimum absolute atomic E-state index is 0.310. The van der Waals surface area contributed by atoms with Gasteiger partial charge in [0.25, 0.3) is 0 Å². The van der Waals surface area contributed by atoms with E-state index < -0.39 is 5.97 Å². The second kappa shape index (κ2) is 6.05. The van der Waals surface area contributed by atoms with Gasteiger partial charge in [0.05, 0.1) is 0 Å². The van der Waals surface area contributed by atoms with Crippen molar-refractivity contribution in [3.63, 3.8) is 0 Å². The van der Waals surface area contributed by atoms with Gasteiger partial charge in [0.1, 0.15) is 18.5 Å². The Bertz CT molecular complexity index is 589. The Morgan fingerprint density at radius 1 is 1.42 bits per heavy atom. The van der Waals surface area contributed by atoms with Crippen LogP contribution < -0.4 is 4.74 Å². The van der Waals surface area contributed by atoms with E-state index >= 15 is 0 Å². The maximum atomic E-state index is 11.0.